The van der Waals surface area contributed by atoms with Gasteiger partial charge in [-0.15, -0.1) is 0 Å². The van der Waals surface area contributed by atoms with Crippen LogP contribution in [0.1, 0.15) is 5.56 Å². The fourth-order valence-electron chi connectivity index (χ4n) is 2.19. The van der Waals surface area contributed by atoms with Gasteiger partial charge in [0.2, 0.25) is 0 Å². The Balaban J connectivity index is 2.26. The average molecular weight is 238 g/mol. The van der Waals surface area contributed by atoms with E-state index in [1.807, 2.05) is 18.2 Å². The van der Waals surface area contributed by atoms with E-state index in [0.29, 0.717) is 11.2 Å². The number of rotatable bonds is 1. The largest absolute Gasteiger partial charge is 0.506 e. The topological polar surface area (TPSA) is 62.0 Å². The first-order valence-electron chi connectivity index (χ1n) is 5.82. The summed E-state index contributed by atoms with van der Waals surface area (Å²) in [4.78, 5) is 3.22. The summed E-state index contributed by atoms with van der Waals surface area (Å²) in [7, 11) is 0. The third-order valence-corrected chi connectivity index (χ3v) is 3.13. The molecule has 4 N–H and O–H groups in total. The van der Waals surface area contributed by atoms with E-state index < -0.39 is 0 Å². The number of phenolic OH excluding ortho intramolecular Hbond substituents is 1. The number of nitrogens with two attached hydrogens (primary N) is 1. The van der Waals surface area contributed by atoms with Crippen molar-refractivity contribution in [2.75, 3.05) is 5.73 Å². The first-order chi connectivity index (χ1) is 8.65. The van der Waals surface area contributed by atoms with Gasteiger partial charge in [-0.3, -0.25) is 0 Å². The lowest BCUT2D eigenvalue weighted by molar-refractivity contribution is 0.480. The normalized spacial score (nSPS) is 10.9. The summed E-state index contributed by atoms with van der Waals surface area (Å²) in [6.07, 6.45) is 0. The van der Waals surface area contributed by atoms with E-state index in [4.69, 9.17) is 5.73 Å². The van der Waals surface area contributed by atoms with Crippen LogP contribution in [0.25, 0.3) is 22.2 Å². The van der Waals surface area contributed by atoms with Crippen molar-refractivity contribution in [1.29, 1.82) is 0 Å². The molecule has 3 rings (SSSR count). The lowest BCUT2D eigenvalue weighted by Crippen LogP contribution is -1.84. The molecule has 0 aliphatic rings. The van der Waals surface area contributed by atoms with Crippen molar-refractivity contribution in [1.82, 2.24) is 4.98 Å². The minimum Gasteiger partial charge on any atom is -0.506 e. The number of aryl methyl sites for hydroxylation is 1. The molecule has 2 aromatic carbocycles. The number of nitrogens with one attached hydrogen (secondary N) is 1. The lowest BCUT2D eigenvalue weighted by atomic mass is 10.1. The van der Waals surface area contributed by atoms with Gasteiger partial charge in [-0.1, -0.05) is 23.8 Å². The number of aromatic hydroxyl groups is 1. The highest BCUT2D eigenvalue weighted by Crippen LogP contribution is 2.33. The van der Waals surface area contributed by atoms with Crippen LogP contribution in [-0.4, -0.2) is 10.1 Å². The molecule has 90 valence electrons. The minimum atomic E-state index is 0.220. The second-order valence-corrected chi connectivity index (χ2v) is 4.52. The molecule has 0 aliphatic heterocycles. The fraction of sp³-hybridized carbons (Fsp3) is 0.0667. The molecule has 3 nitrogen and oxygen atoms in total. The molecule has 0 fully saturated rings. The van der Waals surface area contributed by atoms with Gasteiger partial charge < -0.3 is 15.8 Å². The molecular weight excluding hydrogens is 224 g/mol. The van der Waals surface area contributed by atoms with Crippen molar-refractivity contribution in [3.8, 4) is 17.0 Å². The summed E-state index contributed by atoms with van der Waals surface area (Å²) in [5.41, 5.74) is 10.5. The van der Waals surface area contributed by atoms with Gasteiger partial charge in [0.25, 0.3) is 0 Å². The summed E-state index contributed by atoms with van der Waals surface area (Å²) in [5, 5.41) is 10.7. The summed E-state index contributed by atoms with van der Waals surface area (Å²) >= 11 is 0. The highest BCUT2D eigenvalue weighted by Gasteiger charge is 2.09. The van der Waals surface area contributed by atoms with Gasteiger partial charge in [0.1, 0.15) is 5.75 Å². The Hall–Kier alpha value is -2.42. The number of hydrogen-bond acceptors (Lipinski definition) is 2. The third-order valence-electron chi connectivity index (χ3n) is 3.13. The number of aromatic amines is 1. The first kappa shape index (κ1) is 10.7. The summed E-state index contributed by atoms with van der Waals surface area (Å²) in [6.45, 7) is 2.05. The van der Waals surface area contributed by atoms with E-state index in [1.54, 1.807) is 12.1 Å². The standard InChI is InChI=1S/C15H14N2O/c1-9-3-2-4-10(7-9)13-8-11-12(16)5-6-14(18)15(11)17-13/h2-8,17-18H,16H2,1H3. The number of benzene rings is 2. The number of fused-ring (bicyclic) bond motifs is 1. The molecule has 0 atom stereocenters. The molecule has 3 aromatic rings. The van der Waals surface area contributed by atoms with Crippen molar-refractivity contribution in [2.45, 2.75) is 6.92 Å². The highest BCUT2D eigenvalue weighted by molar-refractivity contribution is 5.98. The number of aromatic nitrogens is 1. The van der Waals surface area contributed by atoms with Gasteiger partial charge in [-0.05, 0) is 36.8 Å². The molecule has 0 saturated heterocycles. The Labute approximate surface area is 105 Å². The van der Waals surface area contributed by atoms with E-state index in [0.717, 1.165) is 16.6 Å². The summed E-state index contributed by atoms with van der Waals surface area (Å²) < 4.78 is 0. The van der Waals surface area contributed by atoms with E-state index in [2.05, 4.69) is 24.0 Å². The van der Waals surface area contributed by atoms with Gasteiger partial charge >= 0.3 is 0 Å². The maximum atomic E-state index is 9.82. The smallest absolute Gasteiger partial charge is 0.139 e. The van der Waals surface area contributed by atoms with Gasteiger partial charge in [-0.25, -0.2) is 0 Å². The zero-order chi connectivity index (χ0) is 12.7. The molecule has 0 amide bonds. The number of H-pyrrole nitrogens is 1. The van der Waals surface area contributed by atoms with Crippen LogP contribution in [0, 0.1) is 6.92 Å². The Morgan fingerprint density at radius 3 is 2.67 bits per heavy atom. The SMILES string of the molecule is Cc1cccc(-c2cc3c(N)ccc(O)c3[nH]2)c1. The average Bonchev–Trinajstić information content (AvgIpc) is 2.80. The lowest BCUT2D eigenvalue weighted by Gasteiger charge is -1.99. The molecule has 0 unspecified atom stereocenters. The Morgan fingerprint density at radius 1 is 1.11 bits per heavy atom. The molecule has 0 saturated carbocycles. The Kier molecular flexibility index (Phi) is 2.27. The summed E-state index contributed by atoms with van der Waals surface area (Å²) in [5.74, 6) is 0.220. The van der Waals surface area contributed by atoms with Crippen LogP contribution in [0.4, 0.5) is 5.69 Å². The van der Waals surface area contributed by atoms with Crippen LogP contribution < -0.4 is 5.73 Å². The molecular formula is C15H14N2O. The number of hydrogen-bond donors (Lipinski definition) is 3. The number of anilines is 1. The molecule has 0 bridgehead atoms. The van der Waals surface area contributed by atoms with Gasteiger partial charge in [0.15, 0.2) is 0 Å². The van der Waals surface area contributed by atoms with Crippen molar-refractivity contribution >= 4 is 16.6 Å². The van der Waals surface area contributed by atoms with Crippen molar-refractivity contribution in [3.63, 3.8) is 0 Å². The van der Waals surface area contributed by atoms with E-state index >= 15 is 0 Å². The zero-order valence-corrected chi connectivity index (χ0v) is 10.1. The van der Waals surface area contributed by atoms with Crippen LogP contribution in [0.15, 0.2) is 42.5 Å². The van der Waals surface area contributed by atoms with Gasteiger partial charge in [0, 0.05) is 16.8 Å². The molecule has 0 aliphatic carbocycles. The molecule has 1 aromatic heterocycles. The van der Waals surface area contributed by atoms with E-state index in [9.17, 15) is 5.11 Å². The zero-order valence-electron chi connectivity index (χ0n) is 10.1. The predicted molar refractivity (Wildman–Crippen MR) is 74.5 cm³/mol. The molecule has 18 heavy (non-hydrogen) atoms. The number of nitrogen functional groups attached to an aromatic ring is 1. The first-order valence-corrected chi connectivity index (χ1v) is 5.82. The molecule has 0 spiro atoms. The van der Waals surface area contributed by atoms with Crippen molar-refractivity contribution in [2.24, 2.45) is 0 Å². The molecule has 3 heteroatoms. The Morgan fingerprint density at radius 2 is 1.94 bits per heavy atom. The Bertz CT molecular complexity index is 689. The van der Waals surface area contributed by atoms with Crippen LogP contribution >= 0.6 is 0 Å². The molecule has 1 heterocycles. The predicted octanol–water partition coefficient (Wildman–Crippen LogP) is 3.43. The van der Waals surface area contributed by atoms with Gasteiger partial charge in [0.05, 0.1) is 5.52 Å². The van der Waals surface area contributed by atoms with Gasteiger partial charge in [-0.2, -0.15) is 0 Å². The quantitative estimate of drug-likeness (QED) is 0.449. The summed E-state index contributed by atoms with van der Waals surface area (Å²) in [6, 6.07) is 13.5. The van der Waals surface area contributed by atoms with Crippen molar-refractivity contribution < 1.29 is 5.11 Å². The van der Waals surface area contributed by atoms with E-state index in [1.165, 1.54) is 5.56 Å². The van der Waals surface area contributed by atoms with Crippen LogP contribution in [0.3, 0.4) is 0 Å². The molecule has 0 radical (unpaired) electrons. The van der Waals surface area contributed by atoms with Crippen LogP contribution in [-0.2, 0) is 0 Å². The van der Waals surface area contributed by atoms with Crippen molar-refractivity contribution in [3.05, 3.63) is 48.0 Å². The second kappa shape index (κ2) is 3.81. The fourth-order valence-corrected chi connectivity index (χ4v) is 2.19. The maximum Gasteiger partial charge on any atom is 0.139 e. The van der Waals surface area contributed by atoms with Crippen LogP contribution in [0.2, 0.25) is 0 Å². The minimum absolute atomic E-state index is 0.220. The maximum absolute atomic E-state index is 9.82. The monoisotopic (exact) mass is 238 g/mol. The number of phenols is 1. The second-order valence-electron chi connectivity index (χ2n) is 4.52. The van der Waals surface area contributed by atoms with E-state index in [-0.39, 0.29) is 5.75 Å². The highest BCUT2D eigenvalue weighted by atomic mass is 16.3. The third kappa shape index (κ3) is 1.61. The van der Waals surface area contributed by atoms with Crippen LogP contribution in [0.5, 0.6) is 5.75 Å².